The second-order valence-electron chi connectivity index (χ2n) is 4.53. The van der Waals surface area contributed by atoms with E-state index < -0.39 is 0 Å². The maximum atomic E-state index is 6.10. The minimum Gasteiger partial charge on any atom is -0.489 e. The Labute approximate surface area is 96.4 Å². The molecule has 0 fully saturated rings. The number of halogens is 1. The maximum absolute atomic E-state index is 6.10. The van der Waals surface area contributed by atoms with Gasteiger partial charge >= 0.3 is 0 Å². The minimum atomic E-state index is -0.375. The van der Waals surface area contributed by atoms with Crippen molar-refractivity contribution in [2.75, 3.05) is 0 Å². The number of hydrogen-bond donors (Lipinski definition) is 1. The van der Waals surface area contributed by atoms with Crippen LogP contribution in [0.25, 0.3) is 0 Å². The van der Waals surface area contributed by atoms with Gasteiger partial charge in [0.2, 0.25) is 0 Å². The molecule has 0 aliphatic carbocycles. The van der Waals surface area contributed by atoms with Gasteiger partial charge in [-0.25, -0.2) is 0 Å². The van der Waals surface area contributed by atoms with Crippen LogP contribution in [-0.4, -0.2) is 6.10 Å². The fraction of sp³-hybridized carbons (Fsp3) is 0.500. The highest BCUT2D eigenvalue weighted by Gasteiger charge is 2.15. The van der Waals surface area contributed by atoms with Crippen LogP contribution in [0.4, 0.5) is 0 Å². The second-order valence-corrected chi connectivity index (χ2v) is 4.94. The number of benzene rings is 1. The van der Waals surface area contributed by atoms with Crippen molar-refractivity contribution < 1.29 is 4.74 Å². The molecule has 0 aromatic heterocycles. The van der Waals surface area contributed by atoms with Crippen LogP contribution in [0.5, 0.6) is 5.75 Å². The van der Waals surface area contributed by atoms with E-state index in [2.05, 4.69) is 0 Å². The van der Waals surface area contributed by atoms with Crippen LogP contribution in [-0.2, 0) is 5.54 Å². The van der Waals surface area contributed by atoms with Crippen molar-refractivity contribution in [2.24, 2.45) is 5.73 Å². The van der Waals surface area contributed by atoms with Crippen molar-refractivity contribution in [3.8, 4) is 5.75 Å². The van der Waals surface area contributed by atoms with Gasteiger partial charge in [0.1, 0.15) is 5.75 Å². The lowest BCUT2D eigenvalue weighted by atomic mass is 9.96. The first-order valence-corrected chi connectivity index (χ1v) is 5.44. The Kier molecular flexibility index (Phi) is 3.63. The van der Waals surface area contributed by atoms with E-state index in [0.29, 0.717) is 10.8 Å². The fourth-order valence-electron chi connectivity index (χ4n) is 1.25. The topological polar surface area (TPSA) is 35.2 Å². The van der Waals surface area contributed by atoms with Crippen molar-refractivity contribution in [1.82, 2.24) is 0 Å². The molecule has 3 heteroatoms. The molecule has 0 amide bonds. The zero-order chi connectivity index (χ0) is 11.6. The van der Waals surface area contributed by atoms with Gasteiger partial charge in [-0.15, -0.1) is 0 Å². The lowest BCUT2D eigenvalue weighted by Crippen LogP contribution is -2.28. The molecular formula is C12H18ClNO. The van der Waals surface area contributed by atoms with Gasteiger partial charge in [-0.3, -0.25) is 0 Å². The van der Waals surface area contributed by atoms with Crippen molar-refractivity contribution >= 4 is 11.6 Å². The first-order valence-electron chi connectivity index (χ1n) is 5.06. The van der Waals surface area contributed by atoms with Gasteiger partial charge in [-0.05, 0) is 45.4 Å². The van der Waals surface area contributed by atoms with Gasteiger partial charge in [0.15, 0.2) is 0 Å². The van der Waals surface area contributed by atoms with Gasteiger partial charge in [-0.1, -0.05) is 17.7 Å². The molecular weight excluding hydrogens is 210 g/mol. The van der Waals surface area contributed by atoms with Crippen LogP contribution >= 0.6 is 11.6 Å². The first-order chi connectivity index (χ1) is 6.80. The lowest BCUT2D eigenvalue weighted by molar-refractivity contribution is 0.242. The Morgan fingerprint density at radius 2 is 1.93 bits per heavy atom. The molecule has 0 heterocycles. The second kappa shape index (κ2) is 4.42. The molecule has 1 aromatic carbocycles. The highest BCUT2D eigenvalue weighted by atomic mass is 35.5. The Morgan fingerprint density at radius 1 is 1.33 bits per heavy atom. The van der Waals surface area contributed by atoms with Gasteiger partial charge in [-0.2, -0.15) is 0 Å². The van der Waals surface area contributed by atoms with E-state index in [-0.39, 0.29) is 11.6 Å². The number of nitrogens with two attached hydrogens (primary N) is 1. The van der Waals surface area contributed by atoms with Crippen LogP contribution in [0.2, 0.25) is 5.02 Å². The average molecular weight is 228 g/mol. The molecule has 2 nitrogen and oxygen atoms in total. The number of rotatable bonds is 3. The molecule has 0 aliphatic rings. The molecule has 1 rings (SSSR count). The Hall–Kier alpha value is -0.730. The standard InChI is InChI=1S/C12H18ClNO/c1-8(2)15-11-6-5-9(7-10(11)13)12(3,4)14/h5-8H,14H2,1-4H3. The molecule has 15 heavy (non-hydrogen) atoms. The third kappa shape index (κ3) is 3.40. The van der Waals surface area contributed by atoms with Gasteiger partial charge in [0.25, 0.3) is 0 Å². The van der Waals surface area contributed by atoms with Gasteiger partial charge < -0.3 is 10.5 Å². The largest absolute Gasteiger partial charge is 0.489 e. The maximum Gasteiger partial charge on any atom is 0.138 e. The summed E-state index contributed by atoms with van der Waals surface area (Å²) in [6.45, 7) is 7.83. The van der Waals surface area contributed by atoms with E-state index in [1.807, 2.05) is 45.9 Å². The molecule has 0 saturated heterocycles. The smallest absolute Gasteiger partial charge is 0.138 e. The fourth-order valence-corrected chi connectivity index (χ4v) is 1.48. The molecule has 0 unspecified atom stereocenters. The predicted octanol–water partition coefficient (Wildman–Crippen LogP) is 3.32. The van der Waals surface area contributed by atoms with E-state index in [4.69, 9.17) is 22.1 Å². The Bertz CT molecular complexity index is 342. The monoisotopic (exact) mass is 227 g/mol. The predicted molar refractivity (Wildman–Crippen MR) is 64.4 cm³/mol. The Morgan fingerprint density at radius 3 is 2.33 bits per heavy atom. The van der Waals surface area contributed by atoms with E-state index in [0.717, 1.165) is 5.56 Å². The first kappa shape index (κ1) is 12.3. The van der Waals surface area contributed by atoms with E-state index in [9.17, 15) is 0 Å². The summed E-state index contributed by atoms with van der Waals surface area (Å²) in [5.74, 6) is 0.708. The Balaban J connectivity index is 2.98. The summed E-state index contributed by atoms with van der Waals surface area (Å²) in [7, 11) is 0. The average Bonchev–Trinajstić information content (AvgIpc) is 2.05. The third-order valence-electron chi connectivity index (χ3n) is 2.04. The quantitative estimate of drug-likeness (QED) is 0.860. The van der Waals surface area contributed by atoms with Crippen molar-refractivity contribution in [3.05, 3.63) is 28.8 Å². The van der Waals surface area contributed by atoms with E-state index in [1.54, 1.807) is 0 Å². The van der Waals surface area contributed by atoms with Crippen LogP contribution in [0.3, 0.4) is 0 Å². The van der Waals surface area contributed by atoms with Crippen LogP contribution in [0.15, 0.2) is 18.2 Å². The molecule has 0 radical (unpaired) electrons. The molecule has 0 atom stereocenters. The molecule has 1 aromatic rings. The summed E-state index contributed by atoms with van der Waals surface area (Å²) in [5, 5.41) is 0.611. The number of ether oxygens (including phenoxy) is 1. The number of hydrogen-bond acceptors (Lipinski definition) is 2. The molecule has 0 aliphatic heterocycles. The van der Waals surface area contributed by atoms with Crippen molar-refractivity contribution in [2.45, 2.75) is 39.3 Å². The zero-order valence-electron chi connectivity index (χ0n) is 9.67. The normalized spacial score (nSPS) is 11.9. The van der Waals surface area contributed by atoms with Crippen molar-refractivity contribution in [1.29, 1.82) is 0 Å². The van der Waals surface area contributed by atoms with Crippen molar-refractivity contribution in [3.63, 3.8) is 0 Å². The van der Waals surface area contributed by atoms with E-state index >= 15 is 0 Å². The highest BCUT2D eigenvalue weighted by Crippen LogP contribution is 2.29. The summed E-state index contributed by atoms with van der Waals surface area (Å²) in [5.41, 5.74) is 6.61. The summed E-state index contributed by atoms with van der Waals surface area (Å²) in [4.78, 5) is 0. The highest BCUT2D eigenvalue weighted by molar-refractivity contribution is 6.32. The third-order valence-corrected chi connectivity index (χ3v) is 2.33. The lowest BCUT2D eigenvalue weighted by Gasteiger charge is -2.20. The minimum absolute atomic E-state index is 0.124. The summed E-state index contributed by atoms with van der Waals surface area (Å²) < 4.78 is 5.54. The summed E-state index contributed by atoms with van der Waals surface area (Å²) in [6.07, 6.45) is 0.124. The van der Waals surface area contributed by atoms with Crippen LogP contribution in [0, 0.1) is 0 Å². The SMILES string of the molecule is CC(C)Oc1ccc(C(C)(C)N)cc1Cl. The van der Waals surface area contributed by atoms with Crippen LogP contribution < -0.4 is 10.5 Å². The summed E-state index contributed by atoms with van der Waals surface area (Å²) >= 11 is 6.10. The molecule has 0 bridgehead atoms. The molecule has 0 saturated carbocycles. The zero-order valence-corrected chi connectivity index (χ0v) is 10.4. The van der Waals surface area contributed by atoms with Gasteiger partial charge in [0, 0.05) is 5.54 Å². The molecule has 84 valence electrons. The molecule has 0 spiro atoms. The van der Waals surface area contributed by atoms with Gasteiger partial charge in [0.05, 0.1) is 11.1 Å². The van der Waals surface area contributed by atoms with E-state index in [1.165, 1.54) is 0 Å². The molecule has 2 N–H and O–H groups in total. The summed E-state index contributed by atoms with van der Waals surface area (Å²) in [6, 6.07) is 5.68. The van der Waals surface area contributed by atoms with Crippen LogP contribution in [0.1, 0.15) is 33.3 Å².